The molecule has 1 atom stereocenters. The highest BCUT2D eigenvalue weighted by atomic mass is 14.9. The lowest BCUT2D eigenvalue weighted by Gasteiger charge is -2.27. The standard InChI is InChI=1S/C14H22N2/c1-3-16-13-8-4-6-11(2)14(13)12-7-5-9-15-10-12/h4,6,8,12,15-16H,3,5,7,9-10H2,1-2H3. The van der Waals surface area contributed by atoms with Crippen LogP contribution in [0.25, 0.3) is 0 Å². The SMILES string of the molecule is CCNc1cccc(C)c1C1CCCNC1. The topological polar surface area (TPSA) is 24.1 Å². The van der Waals surface area contributed by atoms with Crippen LogP contribution in [0, 0.1) is 6.92 Å². The van der Waals surface area contributed by atoms with Crippen LogP contribution in [-0.2, 0) is 0 Å². The number of aryl methyl sites for hydroxylation is 1. The molecule has 0 saturated carbocycles. The van der Waals surface area contributed by atoms with Gasteiger partial charge in [-0.15, -0.1) is 0 Å². The van der Waals surface area contributed by atoms with Gasteiger partial charge in [0.1, 0.15) is 0 Å². The van der Waals surface area contributed by atoms with Crippen LogP contribution < -0.4 is 10.6 Å². The molecule has 88 valence electrons. The highest BCUT2D eigenvalue weighted by Crippen LogP contribution is 2.32. The summed E-state index contributed by atoms with van der Waals surface area (Å²) in [6, 6.07) is 6.58. The Hall–Kier alpha value is -1.02. The Kier molecular flexibility index (Phi) is 3.83. The summed E-state index contributed by atoms with van der Waals surface area (Å²) in [6.45, 7) is 7.69. The number of anilines is 1. The largest absolute Gasteiger partial charge is 0.385 e. The van der Waals surface area contributed by atoms with Crippen molar-refractivity contribution in [3.05, 3.63) is 29.3 Å². The van der Waals surface area contributed by atoms with E-state index in [0.717, 1.165) is 13.1 Å². The maximum atomic E-state index is 3.50. The zero-order valence-electron chi connectivity index (χ0n) is 10.3. The molecule has 0 aromatic heterocycles. The fourth-order valence-electron chi connectivity index (χ4n) is 2.67. The summed E-state index contributed by atoms with van der Waals surface area (Å²) >= 11 is 0. The molecule has 0 amide bonds. The van der Waals surface area contributed by atoms with Gasteiger partial charge in [-0.1, -0.05) is 12.1 Å². The van der Waals surface area contributed by atoms with Crippen LogP contribution in [0.3, 0.4) is 0 Å². The van der Waals surface area contributed by atoms with Crippen LogP contribution in [0.5, 0.6) is 0 Å². The van der Waals surface area contributed by atoms with Gasteiger partial charge in [-0.2, -0.15) is 0 Å². The quantitative estimate of drug-likeness (QED) is 0.815. The molecule has 0 bridgehead atoms. The lowest BCUT2D eigenvalue weighted by atomic mass is 9.87. The lowest BCUT2D eigenvalue weighted by Crippen LogP contribution is -2.29. The van der Waals surface area contributed by atoms with E-state index in [1.54, 1.807) is 0 Å². The van der Waals surface area contributed by atoms with Gasteiger partial charge in [0.25, 0.3) is 0 Å². The maximum absolute atomic E-state index is 3.50. The molecule has 1 fully saturated rings. The van der Waals surface area contributed by atoms with Gasteiger partial charge >= 0.3 is 0 Å². The molecule has 0 aliphatic carbocycles. The van der Waals surface area contributed by atoms with Crippen LogP contribution in [-0.4, -0.2) is 19.6 Å². The molecule has 0 radical (unpaired) electrons. The normalized spacial score (nSPS) is 20.8. The van der Waals surface area contributed by atoms with Crippen molar-refractivity contribution in [3.63, 3.8) is 0 Å². The first kappa shape index (κ1) is 11.5. The average Bonchev–Trinajstić information content (AvgIpc) is 2.31. The average molecular weight is 218 g/mol. The molecule has 0 spiro atoms. The van der Waals surface area contributed by atoms with Crippen molar-refractivity contribution < 1.29 is 0 Å². The third kappa shape index (κ3) is 2.38. The molecule has 1 unspecified atom stereocenters. The number of nitrogens with one attached hydrogen (secondary N) is 2. The number of piperidine rings is 1. The van der Waals surface area contributed by atoms with E-state index >= 15 is 0 Å². The van der Waals surface area contributed by atoms with Crippen molar-refractivity contribution in [1.29, 1.82) is 0 Å². The van der Waals surface area contributed by atoms with E-state index in [4.69, 9.17) is 0 Å². The molecule has 2 N–H and O–H groups in total. The molecular formula is C14H22N2. The number of rotatable bonds is 3. The van der Waals surface area contributed by atoms with Crippen molar-refractivity contribution in [2.24, 2.45) is 0 Å². The molecular weight excluding hydrogens is 196 g/mol. The third-order valence-electron chi connectivity index (χ3n) is 3.40. The van der Waals surface area contributed by atoms with E-state index < -0.39 is 0 Å². The summed E-state index contributed by atoms with van der Waals surface area (Å²) in [5.41, 5.74) is 4.28. The first-order valence-electron chi connectivity index (χ1n) is 6.37. The molecule has 2 heteroatoms. The first-order chi connectivity index (χ1) is 7.83. The summed E-state index contributed by atoms with van der Waals surface area (Å²) in [5.74, 6) is 0.684. The Labute approximate surface area is 98.4 Å². The molecule has 1 aliphatic heterocycles. The van der Waals surface area contributed by atoms with E-state index in [9.17, 15) is 0 Å². The minimum Gasteiger partial charge on any atom is -0.385 e. The van der Waals surface area contributed by atoms with Gasteiger partial charge in [0.05, 0.1) is 0 Å². The van der Waals surface area contributed by atoms with Gasteiger partial charge in [-0.3, -0.25) is 0 Å². The molecule has 1 heterocycles. The highest BCUT2D eigenvalue weighted by Gasteiger charge is 2.19. The molecule has 2 rings (SSSR count). The zero-order valence-corrected chi connectivity index (χ0v) is 10.3. The van der Waals surface area contributed by atoms with Crippen LogP contribution in [0.4, 0.5) is 5.69 Å². The Morgan fingerprint density at radius 1 is 1.44 bits per heavy atom. The summed E-state index contributed by atoms with van der Waals surface area (Å²) < 4.78 is 0. The monoisotopic (exact) mass is 218 g/mol. The van der Waals surface area contributed by atoms with Gasteiger partial charge in [-0.25, -0.2) is 0 Å². The van der Waals surface area contributed by atoms with Crippen LogP contribution in [0.15, 0.2) is 18.2 Å². The van der Waals surface area contributed by atoms with E-state index in [1.807, 2.05) is 0 Å². The smallest absolute Gasteiger partial charge is 0.0378 e. The van der Waals surface area contributed by atoms with Gasteiger partial charge < -0.3 is 10.6 Å². The van der Waals surface area contributed by atoms with E-state index in [-0.39, 0.29) is 0 Å². The Bertz CT molecular complexity index is 341. The Morgan fingerprint density at radius 2 is 2.31 bits per heavy atom. The predicted octanol–water partition coefficient (Wildman–Crippen LogP) is 2.89. The van der Waals surface area contributed by atoms with Crippen LogP contribution >= 0.6 is 0 Å². The van der Waals surface area contributed by atoms with Gasteiger partial charge in [0.2, 0.25) is 0 Å². The Balaban J connectivity index is 2.28. The van der Waals surface area contributed by atoms with E-state index in [1.165, 1.54) is 36.2 Å². The fourth-order valence-corrected chi connectivity index (χ4v) is 2.67. The van der Waals surface area contributed by atoms with Crippen molar-refractivity contribution >= 4 is 5.69 Å². The summed E-state index contributed by atoms with van der Waals surface area (Å²) in [5, 5.41) is 6.99. The Morgan fingerprint density at radius 3 is 3.00 bits per heavy atom. The summed E-state index contributed by atoms with van der Waals surface area (Å²) in [6.07, 6.45) is 2.61. The second-order valence-electron chi connectivity index (χ2n) is 4.61. The van der Waals surface area contributed by atoms with E-state index in [2.05, 4.69) is 42.7 Å². The summed E-state index contributed by atoms with van der Waals surface area (Å²) in [7, 11) is 0. The van der Waals surface area contributed by atoms with E-state index in [0.29, 0.717) is 5.92 Å². The fraction of sp³-hybridized carbons (Fsp3) is 0.571. The second kappa shape index (κ2) is 5.35. The van der Waals surface area contributed by atoms with Crippen molar-refractivity contribution in [1.82, 2.24) is 5.32 Å². The molecule has 16 heavy (non-hydrogen) atoms. The molecule has 1 aromatic carbocycles. The predicted molar refractivity (Wildman–Crippen MR) is 70.2 cm³/mol. The van der Waals surface area contributed by atoms with Gasteiger partial charge in [0.15, 0.2) is 0 Å². The first-order valence-corrected chi connectivity index (χ1v) is 6.37. The third-order valence-corrected chi connectivity index (χ3v) is 3.40. The maximum Gasteiger partial charge on any atom is 0.0378 e. The lowest BCUT2D eigenvalue weighted by molar-refractivity contribution is 0.461. The highest BCUT2D eigenvalue weighted by molar-refractivity contribution is 5.56. The zero-order chi connectivity index (χ0) is 11.4. The number of hydrogen-bond donors (Lipinski definition) is 2. The van der Waals surface area contributed by atoms with Crippen molar-refractivity contribution in [2.45, 2.75) is 32.6 Å². The van der Waals surface area contributed by atoms with Crippen molar-refractivity contribution in [2.75, 3.05) is 25.0 Å². The number of benzene rings is 1. The molecule has 1 aromatic rings. The van der Waals surface area contributed by atoms with Crippen molar-refractivity contribution in [3.8, 4) is 0 Å². The summed E-state index contributed by atoms with van der Waals surface area (Å²) in [4.78, 5) is 0. The molecule has 1 aliphatic rings. The molecule has 2 nitrogen and oxygen atoms in total. The minimum absolute atomic E-state index is 0.684. The minimum atomic E-state index is 0.684. The van der Waals surface area contributed by atoms with Crippen LogP contribution in [0.2, 0.25) is 0 Å². The van der Waals surface area contributed by atoms with Gasteiger partial charge in [0, 0.05) is 18.8 Å². The van der Waals surface area contributed by atoms with Gasteiger partial charge in [-0.05, 0) is 56.3 Å². The second-order valence-corrected chi connectivity index (χ2v) is 4.61. The molecule has 1 saturated heterocycles. The van der Waals surface area contributed by atoms with Crippen LogP contribution in [0.1, 0.15) is 36.8 Å². The number of hydrogen-bond acceptors (Lipinski definition) is 2.